The largest absolute Gasteiger partial charge is 0.480 e. The summed E-state index contributed by atoms with van der Waals surface area (Å²) >= 11 is 0. The Labute approximate surface area is 110 Å². The fourth-order valence-electron chi connectivity index (χ4n) is 1.95. The van der Waals surface area contributed by atoms with Crippen LogP contribution < -0.4 is 5.32 Å². The Kier molecular flexibility index (Phi) is 3.50. The molecule has 6 heteroatoms. The number of benzene rings is 1. The monoisotopic (exact) mass is 261 g/mol. The molecule has 19 heavy (non-hydrogen) atoms. The number of carboxylic acids is 1. The number of carboxylic acid groups (broad SMARTS) is 1. The van der Waals surface area contributed by atoms with E-state index >= 15 is 0 Å². The van der Waals surface area contributed by atoms with E-state index in [9.17, 15) is 9.59 Å². The van der Waals surface area contributed by atoms with Gasteiger partial charge in [0.05, 0.1) is 5.52 Å². The Balaban J connectivity index is 2.34. The fraction of sp³-hybridized carbons (Fsp3) is 0.308. The summed E-state index contributed by atoms with van der Waals surface area (Å²) in [5.41, 5.74) is 1.08. The van der Waals surface area contributed by atoms with Crippen LogP contribution in [-0.2, 0) is 11.8 Å². The third-order valence-corrected chi connectivity index (χ3v) is 2.98. The molecular weight excluding hydrogens is 246 g/mol. The SMILES string of the molecule is CCC(NC(=O)c1nn(C)c2ccccc12)C(=O)O. The van der Waals surface area contributed by atoms with Crippen LogP contribution in [0.4, 0.5) is 0 Å². The lowest BCUT2D eigenvalue weighted by Crippen LogP contribution is -2.40. The molecular formula is C13H15N3O3. The number of fused-ring (bicyclic) bond motifs is 1. The lowest BCUT2D eigenvalue weighted by atomic mass is 10.2. The van der Waals surface area contributed by atoms with Crippen molar-refractivity contribution in [1.82, 2.24) is 15.1 Å². The summed E-state index contributed by atoms with van der Waals surface area (Å²) < 4.78 is 1.60. The summed E-state index contributed by atoms with van der Waals surface area (Å²) in [5.74, 6) is -1.51. The van der Waals surface area contributed by atoms with Crippen molar-refractivity contribution in [3.05, 3.63) is 30.0 Å². The number of aromatic nitrogens is 2. The molecule has 1 aromatic carbocycles. The Morgan fingerprint density at radius 3 is 2.74 bits per heavy atom. The molecule has 2 aromatic rings. The normalized spacial score (nSPS) is 12.3. The second-order valence-electron chi connectivity index (χ2n) is 4.26. The van der Waals surface area contributed by atoms with Crippen LogP contribution >= 0.6 is 0 Å². The van der Waals surface area contributed by atoms with Crippen LogP contribution in [-0.4, -0.2) is 32.8 Å². The van der Waals surface area contributed by atoms with Gasteiger partial charge in [0.25, 0.3) is 5.91 Å². The van der Waals surface area contributed by atoms with Crippen molar-refractivity contribution in [2.75, 3.05) is 0 Å². The number of nitrogens with one attached hydrogen (secondary N) is 1. The number of carbonyl (C=O) groups is 2. The molecule has 0 aliphatic heterocycles. The Morgan fingerprint density at radius 2 is 2.11 bits per heavy atom. The number of para-hydroxylation sites is 1. The topological polar surface area (TPSA) is 84.2 Å². The molecule has 0 spiro atoms. The van der Waals surface area contributed by atoms with E-state index in [1.807, 2.05) is 18.2 Å². The van der Waals surface area contributed by atoms with Crippen LogP contribution in [0.1, 0.15) is 23.8 Å². The first-order valence-electron chi connectivity index (χ1n) is 6.00. The summed E-state index contributed by atoms with van der Waals surface area (Å²) in [6.45, 7) is 1.70. The van der Waals surface area contributed by atoms with Gasteiger partial charge < -0.3 is 10.4 Å². The van der Waals surface area contributed by atoms with Gasteiger partial charge in [-0.3, -0.25) is 9.48 Å². The average Bonchev–Trinajstić information content (AvgIpc) is 2.73. The average molecular weight is 261 g/mol. The lowest BCUT2D eigenvalue weighted by Gasteiger charge is -2.10. The van der Waals surface area contributed by atoms with Gasteiger partial charge in [0.2, 0.25) is 0 Å². The Morgan fingerprint density at radius 1 is 1.42 bits per heavy atom. The van der Waals surface area contributed by atoms with E-state index in [1.165, 1.54) is 0 Å². The molecule has 1 atom stereocenters. The standard InChI is InChI=1S/C13H15N3O3/c1-3-9(13(18)19)14-12(17)11-8-6-4-5-7-10(8)16(2)15-11/h4-7,9H,3H2,1-2H3,(H,14,17)(H,18,19). The first-order chi connectivity index (χ1) is 9.04. The predicted molar refractivity (Wildman–Crippen MR) is 69.9 cm³/mol. The molecule has 1 amide bonds. The van der Waals surface area contributed by atoms with Crippen LogP contribution in [0.15, 0.2) is 24.3 Å². The fourth-order valence-corrected chi connectivity index (χ4v) is 1.95. The summed E-state index contributed by atoms with van der Waals surface area (Å²) in [4.78, 5) is 23.0. The van der Waals surface area contributed by atoms with Gasteiger partial charge in [-0.1, -0.05) is 25.1 Å². The maximum absolute atomic E-state index is 12.1. The van der Waals surface area contributed by atoms with E-state index in [0.29, 0.717) is 11.8 Å². The maximum Gasteiger partial charge on any atom is 0.326 e. The van der Waals surface area contributed by atoms with Crippen LogP contribution in [0.5, 0.6) is 0 Å². The van der Waals surface area contributed by atoms with Gasteiger partial charge in [0.1, 0.15) is 6.04 Å². The molecule has 0 aliphatic rings. The number of hydrogen-bond donors (Lipinski definition) is 2. The summed E-state index contributed by atoms with van der Waals surface area (Å²) in [7, 11) is 1.74. The van der Waals surface area contributed by atoms with E-state index in [2.05, 4.69) is 10.4 Å². The highest BCUT2D eigenvalue weighted by Crippen LogP contribution is 2.17. The molecule has 0 fully saturated rings. The van der Waals surface area contributed by atoms with E-state index in [4.69, 9.17) is 5.11 Å². The number of rotatable bonds is 4. The summed E-state index contributed by atoms with van der Waals surface area (Å²) in [6.07, 6.45) is 0.325. The third kappa shape index (κ3) is 2.42. The van der Waals surface area contributed by atoms with Gasteiger partial charge in [0.15, 0.2) is 5.69 Å². The minimum absolute atomic E-state index is 0.248. The second-order valence-corrected chi connectivity index (χ2v) is 4.26. The van der Waals surface area contributed by atoms with Crippen molar-refractivity contribution in [1.29, 1.82) is 0 Å². The highest BCUT2D eigenvalue weighted by Gasteiger charge is 2.22. The minimum atomic E-state index is -1.05. The second kappa shape index (κ2) is 5.09. The van der Waals surface area contributed by atoms with E-state index in [1.54, 1.807) is 24.7 Å². The smallest absolute Gasteiger partial charge is 0.326 e. The van der Waals surface area contributed by atoms with Crippen molar-refractivity contribution in [3.63, 3.8) is 0 Å². The first-order valence-corrected chi connectivity index (χ1v) is 6.00. The van der Waals surface area contributed by atoms with E-state index in [-0.39, 0.29) is 5.69 Å². The number of hydrogen-bond acceptors (Lipinski definition) is 3. The van der Waals surface area contributed by atoms with Crippen molar-refractivity contribution >= 4 is 22.8 Å². The van der Waals surface area contributed by atoms with Crippen molar-refractivity contribution < 1.29 is 14.7 Å². The maximum atomic E-state index is 12.1. The number of aryl methyl sites for hydroxylation is 1. The molecule has 1 heterocycles. The van der Waals surface area contributed by atoms with Gasteiger partial charge in [0, 0.05) is 12.4 Å². The Hall–Kier alpha value is -2.37. The van der Waals surface area contributed by atoms with E-state index in [0.717, 1.165) is 5.52 Å². The Bertz CT molecular complexity index is 633. The number of amides is 1. The van der Waals surface area contributed by atoms with Gasteiger partial charge in [-0.2, -0.15) is 5.10 Å². The van der Waals surface area contributed by atoms with Crippen molar-refractivity contribution in [3.8, 4) is 0 Å². The molecule has 0 saturated carbocycles. The van der Waals surface area contributed by atoms with Crippen LogP contribution in [0.2, 0.25) is 0 Å². The zero-order valence-electron chi connectivity index (χ0n) is 10.8. The molecule has 1 aromatic heterocycles. The van der Waals surface area contributed by atoms with Gasteiger partial charge in [-0.15, -0.1) is 0 Å². The predicted octanol–water partition coefficient (Wildman–Crippen LogP) is 1.17. The van der Waals surface area contributed by atoms with Crippen molar-refractivity contribution in [2.24, 2.45) is 7.05 Å². The van der Waals surface area contributed by atoms with Gasteiger partial charge >= 0.3 is 5.97 Å². The molecule has 0 aliphatic carbocycles. The lowest BCUT2D eigenvalue weighted by molar-refractivity contribution is -0.139. The van der Waals surface area contributed by atoms with Gasteiger partial charge in [-0.25, -0.2) is 4.79 Å². The van der Waals surface area contributed by atoms with Crippen LogP contribution in [0.3, 0.4) is 0 Å². The van der Waals surface area contributed by atoms with Crippen LogP contribution in [0.25, 0.3) is 10.9 Å². The number of aliphatic carboxylic acids is 1. The summed E-state index contributed by atoms with van der Waals surface area (Å²) in [5, 5.41) is 16.3. The zero-order valence-corrected chi connectivity index (χ0v) is 10.8. The molecule has 0 saturated heterocycles. The van der Waals surface area contributed by atoms with Gasteiger partial charge in [-0.05, 0) is 12.5 Å². The molecule has 2 N–H and O–H groups in total. The zero-order chi connectivity index (χ0) is 14.0. The van der Waals surface area contributed by atoms with Crippen molar-refractivity contribution in [2.45, 2.75) is 19.4 Å². The molecule has 100 valence electrons. The minimum Gasteiger partial charge on any atom is -0.480 e. The summed E-state index contributed by atoms with van der Waals surface area (Å²) in [6, 6.07) is 6.42. The number of carbonyl (C=O) groups excluding carboxylic acids is 1. The number of nitrogens with zero attached hydrogens (tertiary/aromatic N) is 2. The molecule has 0 radical (unpaired) electrons. The highest BCUT2D eigenvalue weighted by molar-refractivity contribution is 6.05. The molecule has 6 nitrogen and oxygen atoms in total. The first kappa shape index (κ1) is 13.1. The quantitative estimate of drug-likeness (QED) is 0.865. The molecule has 1 unspecified atom stereocenters. The van der Waals surface area contributed by atoms with Crippen LogP contribution in [0, 0.1) is 0 Å². The van der Waals surface area contributed by atoms with E-state index < -0.39 is 17.9 Å². The molecule has 0 bridgehead atoms. The molecule has 2 rings (SSSR count). The third-order valence-electron chi connectivity index (χ3n) is 2.98. The highest BCUT2D eigenvalue weighted by atomic mass is 16.4.